The van der Waals surface area contributed by atoms with Crippen molar-refractivity contribution in [2.24, 2.45) is 10.7 Å². The number of thioether (sulfide) groups is 1. The van der Waals surface area contributed by atoms with Gasteiger partial charge in [0.15, 0.2) is 5.17 Å². The van der Waals surface area contributed by atoms with Gasteiger partial charge in [-0.05, 0) is 43.4 Å². The Balaban J connectivity index is 2.16. The van der Waals surface area contributed by atoms with Gasteiger partial charge in [0.1, 0.15) is 0 Å². The van der Waals surface area contributed by atoms with Crippen molar-refractivity contribution in [2.45, 2.75) is 38.6 Å². The molecule has 0 fully saturated rings. The van der Waals surface area contributed by atoms with Crippen molar-refractivity contribution in [1.82, 2.24) is 0 Å². The van der Waals surface area contributed by atoms with Crippen molar-refractivity contribution in [3.8, 4) is 11.8 Å². The van der Waals surface area contributed by atoms with Crippen molar-refractivity contribution in [3.05, 3.63) is 29.8 Å². The van der Waals surface area contributed by atoms with Gasteiger partial charge in [-0.15, -0.1) is 0 Å². The minimum atomic E-state index is -0.329. The number of carbonyl (C=O) groups excluding carboxylic acids is 1. The van der Waals surface area contributed by atoms with Crippen LogP contribution >= 0.6 is 11.8 Å². The zero-order chi connectivity index (χ0) is 16.0. The van der Waals surface area contributed by atoms with Crippen molar-refractivity contribution >= 4 is 28.5 Å². The number of carbonyl (C=O) groups is 1. The second-order valence-corrected chi connectivity index (χ2v) is 6.52. The molecule has 1 aliphatic heterocycles. The molecule has 0 spiro atoms. The molecule has 1 atom stereocenters. The monoisotopic (exact) mass is 315 g/mol. The minimum absolute atomic E-state index is 0.280. The molecule has 4 nitrogen and oxygen atoms in total. The highest BCUT2D eigenvalue weighted by molar-refractivity contribution is 8.13. The van der Waals surface area contributed by atoms with Gasteiger partial charge >= 0.3 is 0 Å². The number of nitrogens with two attached hydrogens (primary N) is 1. The molecule has 0 aromatic heterocycles. The van der Waals surface area contributed by atoms with Gasteiger partial charge in [-0.25, -0.2) is 0 Å². The number of aliphatic imine (C=N–C) groups is 1. The van der Waals surface area contributed by atoms with E-state index in [1.807, 2.05) is 31.2 Å². The van der Waals surface area contributed by atoms with Crippen LogP contribution in [0.2, 0.25) is 0 Å². The predicted octanol–water partition coefficient (Wildman–Crippen LogP) is 3.10. The van der Waals surface area contributed by atoms with Gasteiger partial charge < -0.3 is 11.1 Å². The first-order chi connectivity index (χ1) is 10.5. The number of benzene rings is 1. The Morgan fingerprint density at radius 2 is 2.36 bits per heavy atom. The van der Waals surface area contributed by atoms with Gasteiger partial charge in [0.2, 0.25) is 0 Å². The quantitative estimate of drug-likeness (QED) is 0.842. The number of unbranched alkanes of at least 4 members (excludes halogenated alkanes) is 1. The second-order valence-electron chi connectivity index (χ2n) is 5.41. The first-order valence-corrected chi connectivity index (χ1v) is 8.40. The third-order valence-electron chi connectivity index (χ3n) is 3.52. The normalized spacial score (nSPS) is 20.5. The average Bonchev–Trinajstić information content (AvgIpc) is 2.47. The number of anilines is 1. The number of amides is 1. The second kappa shape index (κ2) is 7.37. The van der Waals surface area contributed by atoms with Crippen LogP contribution in [0, 0.1) is 11.8 Å². The van der Waals surface area contributed by atoms with E-state index >= 15 is 0 Å². The lowest BCUT2D eigenvalue weighted by molar-refractivity contribution is -0.111. The summed E-state index contributed by atoms with van der Waals surface area (Å²) in [5, 5.41) is 3.43. The number of hydrogen-bond donors (Lipinski definition) is 2. The first kappa shape index (κ1) is 16.4. The third-order valence-corrected chi connectivity index (χ3v) is 4.31. The van der Waals surface area contributed by atoms with Gasteiger partial charge in [0, 0.05) is 17.9 Å². The van der Waals surface area contributed by atoms with Crippen LogP contribution in [0.25, 0.3) is 0 Å². The summed E-state index contributed by atoms with van der Waals surface area (Å²) in [7, 11) is 0. The van der Waals surface area contributed by atoms with E-state index in [0.29, 0.717) is 5.17 Å². The maximum atomic E-state index is 11.8. The largest absolute Gasteiger partial charge is 0.379 e. The van der Waals surface area contributed by atoms with Crippen LogP contribution in [-0.2, 0) is 10.3 Å². The summed E-state index contributed by atoms with van der Waals surface area (Å²) in [5.74, 6) is 6.11. The molecular weight excluding hydrogens is 294 g/mol. The SMILES string of the molecule is CCCC#CC(=O)Nc1cccc([C@]2(C)CCSC(N)=N2)c1. The molecule has 5 heteroatoms. The number of nitrogens with one attached hydrogen (secondary N) is 1. The van der Waals surface area contributed by atoms with Crippen LogP contribution in [0.3, 0.4) is 0 Å². The molecule has 1 amide bonds. The molecule has 1 aromatic carbocycles. The average molecular weight is 315 g/mol. The highest BCUT2D eigenvalue weighted by Crippen LogP contribution is 2.35. The molecule has 0 unspecified atom stereocenters. The van der Waals surface area contributed by atoms with Gasteiger partial charge in [0.25, 0.3) is 5.91 Å². The molecule has 3 N–H and O–H groups in total. The molecule has 1 heterocycles. The number of hydrogen-bond acceptors (Lipinski definition) is 4. The molecule has 1 aromatic rings. The summed E-state index contributed by atoms with van der Waals surface area (Å²) in [6, 6.07) is 7.75. The summed E-state index contributed by atoms with van der Waals surface area (Å²) in [4.78, 5) is 16.4. The molecule has 116 valence electrons. The summed E-state index contributed by atoms with van der Waals surface area (Å²) in [5.41, 5.74) is 7.32. The maximum absolute atomic E-state index is 11.8. The summed E-state index contributed by atoms with van der Waals surface area (Å²) < 4.78 is 0. The molecule has 22 heavy (non-hydrogen) atoms. The smallest absolute Gasteiger partial charge is 0.300 e. The lowest BCUT2D eigenvalue weighted by atomic mass is 9.89. The van der Waals surface area contributed by atoms with Crippen LogP contribution in [0.4, 0.5) is 5.69 Å². The zero-order valence-electron chi connectivity index (χ0n) is 13.0. The van der Waals surface area contributed by atoms with Crippen molar-refractivity contribution in [2.75, 3.05) is 11.1 Å². The lowest BCUT2D eigenvalue weighted by Crippen LogP contribution is -2.28. The number of rotatable bonds is 3. The van der Waals surface area contributed by atoms with Crippen LogP contribution < -0.4 is 11.1 Å². The molecule has 0 bridgehead atoms. The van der Waals surface area contributed by atoms with E-state index in [0.717, 1.165) is 36.3 Å². The zero-order valence-corrected chi connectivity index (χ0v) is 13.8. The summed E-state index contributed by atoms with van der Waals surface area (Å²) in [6.45, 7) is 4.10. The highest BCUT2D eigenvalue weighted by atomic mass is 32.2. The predicted molar refractivity (Wildman–Crippen MR) is 93.8 cm³/mol. The fourth-order valence-electron chi connectivity index (χ4n) is 2.26. The van der Waals surface area contributed by atoms with Crippen molar-refractivity contribution in [3.63, 3.8) is 0 Å². The number of amidine groups is 1. The molecule has 0 saturated heterocycles. The maximum Gasteiger partial charge on any atom is 0.300 e. The van der Waals surface area contributed by atoms with Crippen LogP contribution in [0.15, 0.2) is 29.3 Å². The Kier molecular flexibility index (Phi) is 5.51. The van der Waals surface area contributed by atoms with Gasteiger partial charge in [-0.3, -0.25) is 9.79 Å². The van der Waals surface area contributed by atoms with Gasteiger partial charge in [-0.1, -0.05) is 36.7 Å². The Hall–Kier alpha value is -1.93. The van der Waals surface area contributed by atoms with Crippen LogP contribution in [0.1, 0.15) is 38.7 Å². The van der Waals surface area contributed by atoms with Crippen LogP contribution in [-0.4, -0.2) is 16.8 Å². The fourth-order valence-corrected chi connectivity index (χ4v) is 3.23. The standard InChI is InChI=1S/C17H21N3OS/c1-3-4-5-9-15(21)19-14-8-6-7-13(12-14)17(2)10-11-22-16(18)20-17/h6-8,12H,3-4,10-11H2,1-2H3,(H2,18,20)(H,19,21)/t17-/m0/s1. The Morgan fingerprint density at radius 3 is 3.09 bits per heavy atom. The minimum Gasteiger partial charge on any atom is -0.379 e. The van der Waals surface area contributed by atoms with Crippen molar-refractivity contribution < 1.29 is 4.79 Å². The Labute approximate surface area is 136 Å². The molecular formula is C17H21N3OS. The highest BCUT2D eigenvalue weighted by Gasteiger charge is 2.29. The van der Waals surface area contributed by atoms with E-state index < -0.39 is 0 Å². The Bertz CT molecular complexity index is 645. The van der Waals surface area contributed by atoms with E-state index in [9.17, 15) is 4.79 Å². The molecule has 0 saturated carbocycles. The van der Waals surface area contributed by atoms with Crippen LogP contribution in [0.5, 0.6) is 0 Å². The molecule has 0 radical (unpaired) electrons. The topological polar surface area (TPSA) is 67.5 Å². The fraction of sp³-hybridized carbons (Fsp3) is 0.412. The van der Waals surface area contributed by atoms with Crippen molar-refractivity contribution in [1.29, 1.82) is 0 Å². The molecule has 2 rings (SSSR count). The van der Waals surface area contributed by atoms with Gasteiger partial charge in [0.05, 0.1) is 5.54 Å². The lowest BCUT2D eigenvalue weighted by Gasteiger charge is -2.30. The van der Waals surface area contributed by atoms with E-state index in [2.05, 4.69) is 29.1 Å². The summed E-state index contributed by atoms with van der Waals surface area (Å²) >= 11 is 1.58. The third kappa shape index (κ3) is 4.28. The first-order valence-electron chi connectivity index (χ1n) is 7.42. The van der Waals surface area contributed by atoms with E-state index in [1.54, 1.807) is 11.8 Å². The Morgan fingerprint density at radius 1 is 1.55 bits per heavy atom. The van der Waals surface area contributed by atoms with Gasteiger partial charge in [-0.2, -0.15) is 0 Å². The van der Waals surface area contributed by atoms with E-state index in [1.165, 1.54) is 0 Å². The molecule has 1 aliphatic rings. The molecule has 0 aliphatic carbocycles. The van der Waals surface area contributed by atoms with E-state index in [-0.39, 0.29) is 11.4 Å². The summed E-state index contributed by atoms with van der Waals surface area (Å²) in [6.07, 6.45) is 2.61. The number of nitrogens with zero attached hydrogens (tertiary/aromatic N) is 1. The van der Waals surface area contributed by atoms with E-state index in [4.69, 9.17) is 5.73 Å².